The normalized spacial score (nSPS) is 10.0. The maximum Gasteiger partial charge on any atom is 0.251 e. The molecule has 0 radical (unpaired) electrons. The number of hydrogen-bond donors (Lipinski definition) is 3. The lowest BCUT2D eigenvalue weighted by Crippen LogP contribution is -2.17. The molecule has 2 rings (SSSR count). The van der Waals surface area contributed by atoms with Crippen LogP contribution in [0.5, 0.6) is 11.5 Å². The lowest BCUT2D eigenvalue weighted by Gasteiger charge is -2.11. The van der Waals surface area contributed by atoms with Gasteiger partial charge in [0.2, 0.25) is 0 Å². The number of aromatic hydroxyl groups is 1. The molecule has 0 atom stereocenters. The van der Waals surface area contributed by atoms with Gasteiger partial charge in [0.1, 0.15) is 0 Å². The van der Waals surface area contributed by atoms with Gasteiger partial charge in [0.15, 0.2) is 11.5 Å². The highest BCUT2D eigenvalue weighted by atomic mass is 16.5. The zero-order chi connectivity index (χ0) is 15.2. The van der Waals surface area contributed by atoms with Gasteiger partial charge in [-0.15, -0.1) is 0 Å². The second-order valence-electron chi connectivity index (χ2n) is 4.48. The average Bonchev–Trinajstić information content (AvgIpc) is 2.53. The largest absolute Gasteiger partial charge is 0.504 e. The van der Waals surface area contributed by atoms with Crippen LogP contribution in [0.25, 0.3) is 0 Å². The summed E-state index contributed by atoms with van der Waals surface area (Å²) in [7, 11) is 3.11. The maximum absolute atomic E-state index is 11.6. The fraction of sp³-hybridized carbons (Fsp3) is 0.188. The Morgan fingerprint density at radius 1 is 1.24 bits per heavy atom. The number of methoxy groups -OCH3 is 1. The Labute approximate surface area is 123 Å². The van der Waals surface area contributed by atoms with E-state index in [1.165, 1.54) is 7.11 Å². The number of para-hydroxylation sites is 1. The van der Waals surface area contributed by atoms with Gasteiger partial charge >= 0.3 is 0 Å². The van der Waals surface area contributed by atoms with E-state index >= 15 is 0 Å². The third-order valence-corrected chi connectivity index (χ3v) is 3.14. The zero-order valence-electron chi connectivity index (χ0n) is 12.0. The molecule has 2 aromatic carbocycles. The van der Waals surface area contributed by atoms with Crippen molar-refractivity contribution < 1.29 is 14.6 Å². The second-order valence-corrected chi connectivity index (χ2v) is 4.48. The highest BCUT2D eigenvalue weighted by Crippen LogP contribution is 2.29. The van der Waals surface area contributed by atoms with E-state index in [4.69, 9.17) is 4.74 Å². The molecule has 0 aliphatic rings. The highest BCUT2D eigenvalue weighted by molar-refractivity contribution is 5.94. The van der Waals surface area contributed by atoms with Crippen LogP contribution in [0.1, 0.15) is 15.9 Å². The van der Waals surface area contributed by atoms with Crippen molar-refractivity contribution >= 4 is 11.6 Å². The maximum atomic E-state index is 11.6. The molecule has 0 heterocycles. The Morgan fingerprint density at radius 2 is 2.00 bits per heavy atom. The first-order valence-corrected chi connectivity index (χ1v) is 6.56. The van der Waals surface area contributed by atoms with Crippen molar-refractivity contribution in [2.45, 2.75) is 6.54 Å². The van der Waals surface area contributed by atoms with E-state index < -0.39 is 0 Å². The fourth-order valence-electron chi connectivity index (χ4n) is 1.99. The molecule has 0 unspecified atom stereocenters. The van der Waals surface area contributed by atoms with Crippen molar-refractivity contribution in [1.29, 1.82) is 0 Å². The predicted octanol–water partition coefficient (Wildman–Crippen LogP) is 2.37. The van der Waals surface area contributed by atoms with Crippen LogP contribution in [0.2, 0.25) is 0 Å². The molecule has 0 fully saturated rings. The van der Waals surface area contributed by atoms with Gasteiger partial charge in [0.25, 0.3) is 5.91 Å². The number of carbonyl (C=O) groups is 1. The van der Waals surface area contributed by atoms with Gasteiger partial charge in [-0.1, -0.05) is 18.2 Å². The topological polar surface area (TPSA) is 70.6 Å². The number of carbonyl (C=O) groups excluding carboxylic acids is 1. The van der Waals surface area contributed by atoms with Crippen LogP contribution in [-0.4, -0.2) is 25.2 Å². The fourth-order valence-corrected chi connectivity index (χ4v) is 1.99. The summed E-state index contributed by atoms with van der Waals surface area (Å²) in [6, 6.07) is 12.5. The zero-order valence-corrected chi connectivity index (χ0v) is 12.0. The molecule has 1 amide bonds. The molecular weight excluding hydrogens is 268 g/mol. The highest BCUT2D eigenvalue weighted by Gasteiger charge is 2.08. The number of anilines is 1. The molecule has 0 aliphatic heterocycles. The van der Waals surface area contributed by atoms with E-state index in [1.54, 1.807) is 31.3 Å². The van der Waals surface area contributed by atoms with Crippen molar-refractivity contribution in [3.8, 4) is 11.5 Å². The molecule has 0 bridgehead atoms. The standard InChI is InChI=1S/C16H18N2O3/c1-17-16(20)11-5-3-7-13(9-11)18-10-12-6-4-8-14(21-2)15(12)19/h3-9,18-19H,10H2,1-2H3,(H,17,20). The number of ether oxygens (including phenoxy) is 1. The lowest BCUT2D eigenvalue weighted by molar-refractivity contribution is 0.0963. The summed E-state index contributed by atoms with van der Waals surface area (Å²) in [4.78, 5) is 11.6. The van der Waals surface area contributed by atoms with Crippen LogP contribution in [0, 0.1) is 0 Å². The van der Waals surface area contributed by atoms with Crippen LogP contribution in [0.15, 0.2) is 42.5 Å². The summed E-state index contributed by atoms with van der Waals surface area (Å²) >= 11 is 0. The van der Waals surface area contributed by atoms with Crippen molar-refractivity contribution in [3.05, 3.63) is 53.6 Å². The van der Waals surface area contributed by atoms with Crippen LogP contribution in [0.3, 0.4) is 0 Å². The van der Waals surface area contributed by atoms with E-state index in [9.17, 15) is 9.90 Å². The summed E-state index contributed by atoms with van der Waals surface area (Å²) < 4.78 is 5.07. The quantitative estimate of drug-likeness (QED) is 0.789. The van der Waals surface area contributed by atoms with Crippen LogP contribution in [0.4, 0.5) is 5.69 Å². The van der Waals surface area contributed by atoms with Crippen LogP contribution in [-0.2, 0) is 6.54 Å². The molecule has 110 valence electrons. The van der Waals surface area contributed by atoms with Gasteiger partial charge in [-0.25, -0.2) is 0 Å². The van der Waals surface area contributed by atoms with E-state index in [0.29, 0.717) is 17.9 Å². The number of amides is 1. The number of nitrogens with one attached hydrogen (secondary N) is 2. The third kappa shape index (κ3) is 3.45. The minimum absolute atomic E-state index is 0.120. The number of rotatable bonds is 5. The number of benzene rings is 2. The molecule has 0 spiro atoms. The molecular formula is C16H18N2O3. The predicted molar refractivity (Wildman–Crippen MR) is 81.8 cm³/mol. The lowest BCUT2D eigenvalue weighted by atomic mass is 10.1. The molecule has 5 nitrogen and oxygen atoms in total. The number of phenolic OH excluding ortho intramolecular Hbond substituents is 1. The molecule has 21 heavy (non-hydrogen) atoms. The Morgan fingerprint density at radius 3 is 2.71 bits per heavy atom. The van der Waals surface area contributed by atoms with E-state index in [0.717, 1.165) is 11.3 Å². The smallest absolute Gasteiger partial charge is 0.251 e. The Kier molecular flexibility index (Phi) is 4.66. The molecule has 2 aromatic rings. The molecule has 0 saturated heterocycles. The molecule has 5 heteroatoms. The number of phenols is 1. The summed E-state index contributed by atoms with van der Waals surface area (Å²) in [5.74, 6) is 0.422. The van der Waals surface area contributed by atoms with E-state index in [-0.39, 0.29) is 11.7 Å². The monoisotopic (exact) mass is 286 g/mol. The van der Waals surface area contributed by atoms with Gasteiger partial charge in [0, 0.05) is 30.4 Å². The molecule has 0 aliphatic carbocycles. The second kappa shape index (κ2) is 6.65. The third-order valence-electron chi connectivity index (χ3n) is 3.14. The first kappa shape index (κ1) is 14.7. The van der Waals surface area contributed by atoms with Gasteiger partial charge in [0.05, 0.1) is 7.11 Å². The first-order valence-electron chi connectivity index (χ1n) is 6.56. The van der Waals surface area contributed by atoms with Crippen molar-refractivity contribution in [2.75, 3.05) is 19.5 Å². The molecule has 0 aromatic heterocycles. The Bertz CT molecular complexity index is 641. The van der Waals surface area contributed by atoms with Gasteiger partial charge in [-0.2, -0.15) is 0 Å². The SMILES string of the molecule is CNC(=O)c1cccc(NCc2cccc(OC)c2O)c1. The van der Waals surface area contributed by atoms with Crippen LogP contribution < -0.4 is 15.4 Å². The van der Waals surface area contributed by atoms with Crippen molar-refractivity contribution in [2.24, 2.45) is 0 Å². The van der Waals surface area contributed by atoms with Gasteiger partial charge in [-0.05, 0) is 24.3 Å². The van der Waals surface area contributed by atoms with Crippen molar-refractivity contribution in [3.63, 3.8) is 0 Å². The van der Waals surface area contributed by atoms with E-state index in [1.807, 2.05) is 18.2 Å². The minimum Gasteiger partial charge on any atom is -0.504 e. The average molecular weight is 286 g/mol. The first-order chi connectivity index (χ1) is 10.2. The van der Waals surface area contributed by atoms with E-state index in [2.05, 4.69) is 10.6 Å². The summed E-state index contributed by atoms with van der Waals surface area (Å²) in [6.07, 6.45) is 0. The summed E-state index contributed by atoms with van der Waals surface area (Å²) in [5.41, 5.74) is 2.11. The summed E-state index contributed by atoms with van der Waals surface area (Å²) in [5, 5.41) is 15.8. The van der Waals surface area contributed by atoms with Gasteiger partial charge < -0.3 is 20.5 Å². The van der Waals surface area contributed by atoms with Gasteiger partial charge in [-0.3, -0.25) is 4.79 Å². The molecule has 3 N–H and O–H groups in total. The molecule has 0 saturated carbocycles. The number of hydrogen-bond acceptors (Lipinski definition) is 4. The Hall–Kier alpha value is -2.69. The minimum atomic E-state index is -0.136. The Balaban J connectivity index is 2.12. The van der Waals surface area contributed by atoms with Crippen LogP contribution >= 0.6 is 0 Å². The summed E-state index contributed by atoms with van der Waals surface area (Å²) in [6.45, 7) is 0.431. The van der Waals surface area contributed by atoms with Crippen molar-refractivity contribution in [1.82, 2.24) is 5.32 Å².